The number of carbonyl (C=O) groups excluding carboxylic acids is 1. The van der Waals surface area contributed by atoms with Gasteiger partial charge >= 0.3 is 0 Å². The van der Waals surface area contributed by atoms with Gasteiger partial charge in [-0.1, -0.05) is 71.1 Å². The summed E-state index contributed by atoms with van der Waals surface area (Å²) in [6.07, 6.45) is 0. The molecule has 0 unspecified atom stereocenters. The second-order valence-corrected chi connectivity index (χ2v) is 9.63. The van der Waals surface area contributed by atoms with Crippen LogP contribution in [0.15, 0.2) is 58.3 Å². The van der Waals surface area contributed by atoms with Gasteiger partial charge in [0.05, 0.1) is 11.4 Å². The van der Waals surface area contributed by atoms with Crippen molar-refractivity contribution >= 4 is 67.9 Å². The average Bonchev–Trinajstić information content (AvgIpc) is 3.38. The predicted molar refractivity (Wildman–Crippen MR) is 126 cm³/mol. The number of aromatic nitrogens is 3. The number of anilines is 3. The van der Waals surface area contributed by atoms with E-state index in [0.29, 0.717) is 15.3 Å². The van der Waals surface area contributed by atoms with Crippen LogP contribution in [0.5, 0.6) is 0 Å². The summed E-state index contributed by atoms with van der Waals surface area (Å²) < 4.78 is 0.720. The Morgan fingerprint density at radius 3 is 2.73 bits per heavy atom. The molecule has 6 nitrogen and oxygen atoms in total. The molecule has 0 aliphatic rings. The van der Waals surface area contributed by atoms with Crippen LogP contribution in [0.1, 0.15) is 5.56 Å². The summed E-state index contributed by atoms with van der Waals surface area (Å²) in [6, 6.07) is 15.5. The van der Waals surface area contributed by atoms with Gasteiger partial charge in [-0.2, -0.15) is 0 Å². The molecular weight excluding hydrogens is 458 g/mol. The number of thiazole rings is 1. The van der Waals surface area contributed by atoms with Gasteiger partial charge in [-0.3, -0.25) is 4.79 Å². The lowest BCUT2D eigenvalue weighted by Gasteiger charge is -2.04. The Kier molecular flexibility index (Phi) is 6.63. The minimum atomic E-state index is -0.149. The second kappa shape index (κ2) is 9.57. The van der Waals surface area contributed by atoms with Crippen molar-refractivity contribution in [3.63, 3.8) is 0 Å². The van der Waals surface area contributed by atoms with E-state index >= 15 is 0 Å². The lowest BCUT2D eigenvalue weighted by Crippen LogP contribution is -2.13. The lowest BCUT2D eigenvalue weighted by atomic mass is 10.2. The first-order valence-corrected chi connectivity index (χ1v) is 11.9. The molecule has 30 heavy (non-hydrogen) atoms. The van der Waals surface area contributed by atoms with Crippen molar-refractivity contribution in [3.05, 3.63) is 64.5 Å². The largest absolute Gasteiger partial charge is 0.330 e. The van der Waals surface area contributed by atoms with Gasteiger partial charge < -0.3 is 10.6 Å². The first kappa shape index (κ1) is 20.8. The van der Waals surface area contributed by atoms with Gasteiger partial charge in [-0.25, -0.2) is 4.98 Å². The molecule has 1 amide bonds. The number of nitrogens with zero attached hydrogens (tertiary/aromatic N) is 3. The number of rotatable bonds is 7. The van der Waals surface area contributed by atoms with E-state index in [4.69, 9.17) is 11.6 Å². The number of hydrogen-bond acceptors (Lipinski definition) is 8. The molecular formula is C20H16ClN5OS3. The van der Waals surface area contributed by atoms with Crippen LogP contribution in [0, 0.1) is 6.92 Å². The maximum atomic E-state index is 12.3. The molecule has 2 aromatic carbocycles. The van der Waals surface area contributed by atoms with Gasteiger partial charge in [0.2, 0.25) is 11.0 Å². The first-order valence-electron chi connectivity index (χ1n) is 8.88. The van der Waals surface area contributed by atoms with Crippen LogP contribution < -0.4 is 10.6 Å². The fourth-order valence-corrected chi connectivity index (χ4v) is 5.08. The molecule has 0 radical (unpaired) electrons. The Morgan fingerprint density at radius 2 is 1.90 bits per heavy atom. The topological polar surface area (TPSA) is 79.8 Å². The van der Waals surface area contributed by atoms with Crippen LogP contribution in [0.4, 0.5) is 16.0 Å². The fourth-order valence-electron chi connectivity index (χ4n) is 2.55. The molecule has 2 N–H and O–H groups in total. The molecule has 0 bridgehead atoms. The van der Waals surface area contributed by atoms with Crippen molar-refractivity contribution in [1.82, 2.24) is 15.2 Å². The zero-order valence-corrected chi connectivity index (χ0v) is 19.0. The maximum absolute atomic E-state index is 12.3. The highest BCUT2D eigenvalue weighted by Gasteiger charge is 2.12. The molecule has 2 heterocycles. The molecule has 0 spiro atoms. The quantitative estimate of drug-likeness (QED) is 0.316. The number of carbonyl (C=O) groups is 1. The summed E-state index contributed by atoms with van der Waals surface area (Å²) in [5.74, 6) is 0.0728. The summed E-state index contributed by atoms with van der Waals surface area (Å²) >= 11 is 10.3. The molecule has 0 saturated heterocycles. The summed E-state index contributed by atoms with van der Waals surface area (Å²) in [5, 5.41) is 18.1. The summed E-state index contributed by atoms with van der Waals surface area (Å²) in [5.41, 5.74) is 3.69. The molecule has 0 saturated carbocycles. The van der Waals surface area contributed by atoms with E-state index in [9.17, 15) is 4.79 Å². The monoisotopic (exact) mass is 473 g/mol. The average molecular weight is 474 g/mol. The number of benzene rings is 2. The number of para-hydroxylation sites is 1. The van der Waals surface area contributed by atoms with Gasteiger partial charge in [0, 0.05) is 21.7 Å². The van der Waals surface area contributed by atoms with Gasteiger partial charge in [0.15, 0.2) is 9.47 Å². The van der Waals surface area contributed by atoms with Gasteiger partial charge in [0.25, 0.3) is 0 Å². The number of nitrogens with one attached hydrogen (secondary N) is 2. The summed E-state index contributed by atoms with van der Waals surface area (Å²) in [7, 11) is 0. The Hall–Kier alpha value is -2.46. The third kappa shape index (κ3) is 5.17. The molecule has 4 aromatic rings. The number of amides is 1. The molecule has 0 fully saturated rings. The van der Waals surface area contributed by atoms with Crippen molar-refractivity contribution < 1.29 is 4.79 Å². The highest BCUT2D eigenvalue weighted by molar-refractivity contribution is 8.01. The Labute approximate surface area is 190 Å². The molecule has 0 atom stereocenters. The maximum Gasteiger partial charge on any atom is 0.236 e. The van der Waals surface area contributed by atoms with Crippen LogP contribution in [-0.4, -0.2) is 26.8 Å². The SMILES string of the molecule is Cc1ccccc1Nc1nnc(SCC(=O)Nc2nc(-c3ccccc3Cl)cs2)s1. The highest BCUT2D eigenvalue weighted by Crippen LogP contribution is 2.31. The highest BCUT2D eigenvalue weighted by atomic mass is 35.5. The van der Waals surface area contributed by atoms with Crippen molar-refractivity contribution in [3.8, 4) is 11.3 Å². The van der Waals surface area contributed by atoms with Crippen molar-refractivity contribution in [2.24, 2.45) is 0 Å². The fraction of sp³-hybridized carbons (Fsp3) is 0.100. The molecule has 0 aliphatic carbocycles. The minimum absolute atomic E-state index is 0.149. The third-order valence-electron chi connectivity index (χ3n) is 4.02. The van der Waals surface area contributed by atoms with Gasteiger partial charge in [0.1, 0.15) is 0 Å². The van der Waals surface area contributed by atoms with E-state index < -0.39 is 0 Å². The zero-order valence-electron chi connectivity index (χ0n) is 15.8. The van der Waals surface area contributed by atoms with E-state index in [1.165, 1.54) is 34.4 Å². The number of halogens is 1. The zero-order chi connectivity index (χ0) is 20.9. The lowest BCUT2D eigenvalue weighted by molar-refractivity contribution is -0.113. The molecule has 4 rings (SSSR count). The molecule has 2 aromatic heterocycles. The van der Waals surface area contributed by atoms with Crippen LogP contribution in [0.2, 0.25) is 5.02 Å². The minimum Gasteiger partial charge on any atom is -0.330 e. The smallest absolute Gasteiger partial charge is 0.236 e. The summed E-state index contributed by atoms with van der Waals surface area (Å²) in [6.45, 7) is 2.03. The predicted octanol–water partition coefficient (Wildman–Crippen LogP) is 6.10. The Bertz CT molecular complexity index is 1180. The van der Waals surface area contributed by atoms with Crippen LogP contribution in [-0.2, 0) is 4.79 Å². The van der Waals surface area contributed by atoms with E-state index in [2.05, 4.69) is 25.8 Å². The van der Waals surface area contributed by atoms with Gasteiger partial charge in [-0.15, -0.1) is 21.5 Å². The second-order valence-electron chi connectivity index (χ2n) is 6.17. The number of hydrogen-bond donors (Lipinski definition) is 2. The molecule has 0 aliphatic heterocycles. The van der Waals surface area contributed by atoms with E-state index in [1.54, 1.807) is 0 Å². The van der Waals surface area contributed by atoms with Crippen LogP contribution in [0.3, 0.4) is 0 Å². The van der Waals surface area contributed by atoms with Crippen molar-refractivity contribution in [1.29, 1.82) is 0 Å². The standard InChI is InChI=1S/C20H16ClN5OS3/c1-12-6-2-5-9-15(12)22-19-25-26-20(30-19)29-11-17(27)24-18-23-16(10-28-18)13-7-3-4-8-14(13)21/h2-10H,11H2,1H3,(H,22,25)(H,23,24,27). The van der Waals surface area contributed by atoms with E-state index in [0.717, 1.165) is 26.8 Å². The number of thioether (sulfide) groups is 1. The van der Waals surface area contributed by atoms with Crippen LogP contribution in [0.25, 0.3) is 11.3 Å². The molecule has 10 heteroatoms. The van der Waals surface area contributed by atoms with Crippen molar-refractivity contribution in [2.75, 3.05) is 16.4 Å². The normalized spacial score (nSPS) is 10.7. The van der Waals surface area contributed by atoms with Crippen molar-refractivity contribution in [2.45, 2.75) is 11.3 Å². The summed E-state index contributed by atoms with van der Waals surface area (Å²) in [4.78, 5) is 16.7. The van der Waals surface area contributed by atoms with E-state index in [1.807, 2.05) is 60.8 Å². The first-order chi connectivity index (χ1) is 14.6. The Morgan fingerprint density at radius 1 is 1.10 bits per heavy atom. The third-order valence-corrected chi connectivity index (χ3v) is 7.08. The Balaban J connectivity index is 1.31. The van der Waals surface area contributed by atoms with Crippen LogP contribution >= 0.6 is 46.0 Å². The van der Waals surface area contributed by atoms with E-state index in [-0.39, 0.29) is 11.7 Å². The van der Waals surface area contributed by atoms with Gasteiger partial charge in [-0.05, 0) is 24.6 Å². The molecule has 152 valence electrons. The number of aryl methyl sites for hydroxylation is 1.